The summed E-state index contributed by atoms with van der Waals surface area (Å²) in [7, 11) is 7.39. The van der Waals surface area contributed by atoms with Crippen LogP contribution in [0.4, 0.5) is 0 Å². The molecule has 0 aliphatic carbocycles. The fraction of sp³-hybridized carbons (Fsp3) is 0.174. The summed E-state index contributed by atoms with van der Waals surface area (Å²) in [5, 5.41) is 6.51. The highest BCUT2D eigenvalue weighted by atomic mass is 16.5. The first-order valence-electron chi connectivity index (χ1n) is 9.32. The van der Waals surface area contributed by atoms with Gasteiger partial charge in [0.25, 0.3) is 0 Å². The van der Waals surface area contributed by atoms with Gasteiger partial charge in [-0.2, -0.15) is 0 Å². The molecule has 0 bridgehead atoms. The first-order valence-corrected chi connectivity index (χ1v) is 9.32. The Hall–Kier alpha value is -3.67. The van der Waals surface area contributed by atoms with Crippen molar-refractivity contribution in [3.63, 3.8) is 0 Å². The zero-order valence-electron chi connectivity index (χ0n) is 16.8. The van der Waals surface area contributed by atoms with Gasteiger partial charge in [0, 0.05) is 65.5 Å². The molecule has 6 heteroatoms. The molecule has 0 unspecified atom stereocenters. The third-order valence-corrected chi connectivity index (χ3v) is 5.44. The van der Waals surface area contributed by atoms with Gasteiger partial charge >= 0.3 is 0 Å². The monoisotopic (exact) mass is 387 g/mol. The number of hydrogen-bond acceptors (Lipinski definition) is 4. The van der Waals surface area contributed by atoms with Crippen LogP contribution in [0.25, 0.3) is 44.4 Å². The molecule has 0 atom stereocenters. The zero-order valence-corrected chi connectivity index (χ0v) is 16.8. The molecule has 0 saturated carbocycles. The van der Waals surface area contributed by atoms with Gasteiger partial charge in [0.1, 0.15) is 17.2 Å². The van der Waals surface area contributed by atoms with Crippen LogP contribution < -0.4 is 9.47 Å². The minimum atomic E-state index is 0.721. The van der Waals surface area contributed by atoms with Crippen LogP contribution in [0, 0.1) is 0 Å². The Morgan fingerprint density at radius 2 is 1.31 bits per heavy atom. The minimum Gasteiger partial charge on any atom is -0.497 e. The number of rotatable bonds is 4. The number of aryl methyl sites for hydroxylation is 2. The molecule has 0 aliphatic rings. The van der Waals surface area contributed by atoms with Crippen LogP contribution in [0.1, 0.15) is 0 Å². The van der Waals surface area contributed by atoms with Gasteiger partial charge < -0.3 is 23.1 Å². The van der Waals surface area contributed by atoms with Crippen LogP contribution in [0.3, 0.4) is 0 Å². The predicted octanol–water partition coefficient (Wildman–Crippen LogP) is 5.01. The van der Waals surface area contributed by atoms with Crippen molar-refractivity contribution in [2.45, 2.75) is 0 Å². The van der Waals surface area contributed by atoms with E-state index in [1.54, 1.807) is 14.2 Å². The summed E-state index contributed by atoms with van der Waals surface area (Å²) in [4.78, 5) is 0. The largest absolute Gasteiger partial charge is 0.497 e. The highest BCUT2D eigenvalue weighted by Gasteiger charge is 2.18. The molecule has 5 rings (SSSR count). The molecule has 0 amide bonds. The molecule has 146 valence electrons. The summed E-state index contributed by atoms with van der Waals surface area (Å²) in [6, 6.07) is 14.1. The second-order valence-corrected chi connectivity index (χ2v) is 7.15. The molecule has 0 aliphatic heterocycles. The lowest BCUT2D eigenvalue weighted by Gasteiger charge is -2.01. The number of fused-ring (bicyclic) bond motifs is 2. The van der Waals surface area contributed by atoms with Crippen LogP contribution >= 0.6 is 0 Å². The van der Waals surface area contributed by atoms with Crippen molar-refractivity contribution in [1.29, 1.82) is 0 Å². The Labute approximate surface area is 167 Å². The summed E-state index contributed by atoms with van der Waals surface area (Å²) >= 11 is 0. The van der Waals surface area contributed by atoms with Crippen molar-refractivity contribution in [3.8, 4) is 34.1 Å². The number of hydrogen-bond donors (Lipinski definition) is 0. The van der Waals surface area contributed by atoms with Gasteiger partial charge in [0.15, 0.2) is 5.76 Å². The summed E-state index contributed by atoms with van der Waals surface area (Å²) in [5.74, 6) is 2.35. The van der Waals surface area contributed by atoms with Crippen molar-refractivity contribution in [2.75, 3.05) is 14.2 Å². The number of ether oxygens (including phenoxy) is 2. The molecule has 3 aromatic heterocycles. The Morgan fingerprint density at radius 3 is 1.90 bits per heavy atom. The smallest absolute Gasteiger partial charge is 0.169 e. The second-order valence-electron chi connectivity index (χ2n) is 7.15. The number of benzene rings is 2. The van der Waals surface area contributed by atoms with Crippen molar-refractivity contribution in [1.82, 2.24) is 14.3 Å². The third kappa shape index (κ3) is 2.68. The molecule has 2 aromatic carbocycles. The van der Waals surface area contributed by atoms with E-state index in [0.29, 0.717) is 0 Å². The van der Waals surface area contributed by atoms with E-state index >= 15 is 0 Å². The van der Waals surface area contributed by atoms with E-state index in [0.717, 1.165) is 55.9 Å². The van der Waals surface area contributed by atoms with Gasteiger partial charge in [-0.1, -0.05) is 5.16 Å². The average Bonchev–Trinajstić information content (AvgIpc) is 3.43. The van der Waals surface area contributed by atoms with E-state index in [4.69, 9.17) is 14.0 Å². The average molecular weight is 387 g/mol. The van der Waals surface area contributed by atoms with Crippen LogP contribution in [0.2, 0.25) is 0 Å². The van der Waals surface area contributed by atoms with E-state index in [1.807, 2.05) is 50.5 Å². The second kappa shape index (κ2) is 6.44. The maximum atomic E-state index is 5.77. The Morgan fingerprint density at radius 1 is 0.759 bits per heavy atom. The zero-order chi connectivity index (χ0) is 20.1. The molecule has 0 saturated heterocycles. The molecule has 0 N–H and O–H groups in total. The van der Waals surface area contributed by atoms with Crippen molar-refractivity contribution in [3.05, 3.63) is 54.9 Å². The normalized spacial score (nSPS) is 11.4. The SMILES string of the molecule is COc1ccc2c(c1)c(-c1cc(-c3cn(C)c4ccc(OC)cc34)on1)cn2C. The van der Waals surface area contributed by atoms with Gasteiger partial charge in [0.2, 0.25) is 0 Å². The van der Waals surface area contributed by atoms with Gasteiger partial charge in [0.05, 0.1) is 14.2 Å². The Kier molecular flexibility index (Phi) is 3.87. The number of nitrogens with zero attached hydrogens (tertiary/aromatic N) is 3. The molecule has 5 aromatic rings. The maximum Gasteiger partial charge on any atom is 0.169 e. The van der Waals surface area contributed by atoms with E-state index in [-0.39, 0.29) is 0 Å². The first kappa shape index (κ1) is 17.4. The molecule has 29 heavy (non-hydrogen) atoms. The van der Waals surface area contributed by atoms with E-state index in [2.05, 4.69) is 32.8 Å². The van der Waals surface area contributed by atoms with Crippen LogP contribution in [-0.2, 0) is 14.1 Å². The first-order chi connectivity index (χ1) is 14.1. The van der Waals surface area contributed by atoms with Gasteiger partial charge in [-0.3, -0.25) is 0 Å². The van der Waals surface area contributed by atoms with Crippen molar-refractivity contribution < 1.29 is 14.0 Å². The van der Waals surface area contributed by atoms with Crippen molar-refractivity contribution in [2.24, 2.45) is 14.1 Å². The molecular formula is C23H21N3O3. The highest BCUT2D eigenvalue weighted by molar-refractivity contribution is 5.98. The lowest BCUT2D eigenvalue weighted by atomic mass is 10.1. The third-order valence-electron chi connectivity index (χ3n) is 5.44. The predicted molar refractivity (Wildman–Crippen MR) is 113 cm³/mol. The molecule has 0 fully saturated rings. The fourth-order valence-electron chi connectivity index (χ4n) is 3.93. The summed E-state index contributed by atoms with van der Waals surface area (Å²) in [6.07, 6.45) is 4.12. The quantitative estimate of drug-likeness (QED) is 0.435. The standard InChI is InChI=1S/C23H21N3O3/c1-25-12-18(16-9-14(27-3)5-7-21(16)25)20-11-23(29-24-20)19-13-26(2)22-8-6-15(28-4)10-17(19)22/h5-13H,1-4H3. The van der Waals surface area contributed by atoms with Gasteiger partial charge in [-0.15, -0.1) is 0 Å². The maximum absolute atomic E-state index is 5.77. The summed E-state index contributed by atoms with van der Waals surface area (Å²) in [6.45, 7) is 0. The topological polar surface area (TPSA) is 54.4 Å². The minimum absolute atomic E-state index is 0.721. The van der Waals surface area contributed by atoms with Crippen LogP contribution in [-0.4, -0.2) is 28.5 Å². The number of methoxy groups -OCH3 is 2. The number of aromatic nitrogens is 3. The van der Waals surface area contributed by atoms with E-state index in [9.17, 15) is 0 Å². The summed E-state index contributed by atoms with van der Waals surface area (Å²) in [5.41, 5.74) is 5.00. The van der Waals surface area contributed by atoms with E-state index < -0.39 is 0 Å². The lowest BCUT2D eigenvalue weighted by Crippen LogP contribution is -1.84. The van der Waals surface area contributed by atoms with E-state index in [1.165, 1.54) is 0 Å². The summed E-state index contributed by atoms with van der Waals surface area (Å²) < 4.78 is 20.7. The molecule has 0 radical (unpaired) electrons. The molecule has 6 nitrogen and oxygen atoms in total. The molecule has 0 spiro atoms. The van der Waals surface area contributed by atoms with Crippen molar-refractivity contribution >= 4 is 21.8 Å². The van der Waals surface area contributed by atoms with Gasteiger partial charge in [-0.25, -0.2) is 0 Å². The Balaban J connectivity index is 1.66. The molecular weight excluding hydrogens is 366 g/mol. The molecule has 3 heterocycles. The van der Waals surface area contributed by atoms with Crippen LogP contribution in [0.5, 0.6) is 11.5 Å². The lowest BCUT2D eigenvalue weighted by molar-refractivity contribution is 0.415. The van der Waals surface area contributed by atoms with Crippen LogP contribution in [0.15, 0.2) is 59.4 Å². The Bertz CT molecular complexity index is 1250. The fourth-order valence-corrected chi connectivity index (χ4v) is 3.93. The van der Waals surface area contributed by atoms with Gasteiger partial charge in [-0.05, 0) is 36.4 Å². The highest BCUT2D eigenvalue weighted by Crippen LogP contribution is 2.37.